The number of piperidine rings is 1. The lowest BCUT2D eigenvalue weighted by atomic mass is 9.92. The second-order valence-corrected chi connectivity index (χ2v) is 7.24. The van der Waals surface area contributed by atoms with Crippen LogP contribution >= 0.6 is 0 Å². The number of hydrogen-bond donors (Lipinski definition) is 1. The highest BCUT2D eigenvalue weighted by Gasteiger charge is 2.32. The predicted molar refractivity (Wildman–Crippen MR) is 98.0 cm³/mol. The van der Waals surface area contributed by atoms with Gasteiger partial charge in [0.1, 0.15) is 11.6 Å². The molecule has 0 aliphatic carbocycles. The van der Waals surface area contributed by atoms with Gasteiger partial charge < -0.3 is 14.6 Å². The Morgan fingerprint density at radius 1 is 1.40 bits per heavy atom. The van der Waals surface area contributed by atoms with E-state index in [1.54, 1.807) is 13.3 Å². The van der Waals surface area contributed by atoms with E-state index >= 15 is 0 Å². The van der Waals surface area contributed by atoms with E-state index in [2.05, 4.69) is 41.7 Å². The van der Waals surface area contributed by atoms with E-state index in [-0.39, 0.29) is 22.6 Å². The first kappa shape index (κ1) is 17.4. The lowest BCUT2D eigenvalue weighted by Crippen LogP contribution is -2.44. The van der Waals surface area contributed by atoms with Gasteiger partial charge in [-0.15, -0.1) is 0 Å². The van der Waals surface area contributed by atoms with Gasteiger partial charge in [-0.25, -0.2) is 0 Å². The second kappa shape index (κ2) is 6.49. The molecular weight excluding hydrogens is 316 g/mol. The molecule has 0 aromatic carbocycles. The molecule has 1 aliphatic heterocycles. The van der Waals surface area contributed by atoms with Gasteiger partial charge in [0.2, 0.25) is 0 Å². The van der Waals surface area contributed by atoms with Crippen LogP contribution in [0.15, 0.2) is 17.1 Å². The Bertz CT molecular complexity index is 887. The Kier molecular flexibility index (Phi) is 4.53. The van der Waals surface area contributed by atoms with Crippen molar-refractivity contribution in [3.63, 3.8) is 0 Å². The molecule has 1 saturated heterocycles. The number of fused-ring (bicyclic) bond motifs is 1. The number of H-pyrrole nitrogens is 1. The number of rotatable bonds is 3. The average Bonchev–Trinajstić information content (AvgIpc) is 2.61. The molecule has 0 atom stereocenters. The van der Waals surface area contributed by atoms with Crippen molar-refractivity contribution in [1.82, 2.24) is 9.97 Å². The molecule has 0 radical (unpaired) electrons. The summed E-state index contributed by atoms with van der Waals surface area (Å²) >= 11 is 0. The summed E-state index contributed by atoms with van der Waals surface area (Å²) in [6.07, 6.45) is 3.40. The maximum atomic E-state index is 12.4. The molecule has 2 aromatic rings. The number of ether oxygens (including phenoxy) is 1. The van der Waals surface area contributed by atoms with Gasteiger partial charge in [-0.1, -0.05) is 13.8 Å². The number of pyridine rings is 2. The van der Waals surface area contributed by atoms with Crippen LogP contribution in [0.25, 0.3) is 10.9 Å². The molecule has 0 bridgehead atoms. The number of nitrogens with one attached hydrogen (secondary N) is 1. The first-order valence-corrected chi connectivity index (χ1v) is 8.64. The van der Waals surface area contributed by atoms with Crippen LogP contribution in [-0.2, 0) is 4.74 Å². The Morgan fingerprint density at radius 3 is 2.64 bits per heavy atom. The molecule has 0 spiro atoms. The first-order chi connectivity index (χ1) is 11.9. The smallest absolute Gasteiger partial charge is 0.268 e. The molecule has 1 fully saturated rings. The van der Waals surface area contributed by atoms with Gasteiger partial charge in [0.05, 0.1) is 23.0 Å². The van der Waals surface area contributed by atoms with Gasteiger partial charge in [0.15, 0.2) is 0 Å². The van der Waals surface area contributed by atoms with Crippen LogP contribution < -0.4 is 10.5 Å². The molecule has 1 N–H and O–H groups in total. The first-order valence-electron chi connectivity index (χ1n) is 8.64. The zero-order chi connectivity index (χ0) is 18.2. The molecule has 25 heavy (non-hydrogen) atoms. The van der Waals surface area contributed by atoms with E-state index in [4.69, 9.17) is 4.74 Å². The van der Waals surface area contributed by atoms with E-state index in [1.165, 1.54) is 0 Å². The summed E-state index contributed by atoms with van der Waals surface area (Å²) < 4.78 is 5.61. The quantitative estimate of drug-likeness (QED) is 0.929. The summed E-state index contributed by atoms with van der Waals surface area (Å²) in [5.74, 6) is 0.271. The van der Waals surface area contributed by atoms with Crippen LogP contribution in [0.5, 0.6) is 0 Å². The number of hydrogen-bond acceptors (Lipinski definition) is 5. The SMILES string of the molecule is COC1(C)CCN(c2c(C#N)c(=O)[nH]c3cnc(C(C)C)cc23)CC1. The normalized spacial score (nSPS) is 17.0. The Hall–Kier alpha value is -2.39. The van der Waals surface area contributed by atoms with Gasteiger partial charge in [-0.05, 0) is 31.7 Å². The molecule has 6 nitrogen and oxygen atoms in total. The van der Waals surface area contributed by atoms with E-state index in [0.717, 1.165) is 42.7 Å². The molecule has 2 aromatic heterocycles. The summed E-state index contributed by atoms with van der Waals surface area (Å²) in [5.41, 5.74) is 2.01. The minimum atomic E-state index is -0.357. The molecule has 0 unspecified atom stereocenters. The fourth-order valence-corrected chi connectivity index (χ4v) is 3.35. The lowest BCUT2D eigenvalue weighted by molar-refractivity contribution is -0.0132. The van der Waals surface area contributed by atoms with E-state index in [0.29, 0.717) is 5.52 Å². The Morgan fingerprint density at radius 2 is 2.08 bits per heavy atom. The monoisotopic (exact) mass is 340 g/mol. The van der Waals surface area contributed by atoms with Crippen molar-refractivity contribution in [3.05, 3.63) is 33.9 Å². The Labute approximate surface area is 147 Å². The van der Waals surface area contributed by atoms with Crippen molar-refractivity contribution in [2.24, 2.45) is 0 Å². The molecule has 6 heteroatoms. The second-order valence-electron chi connectivity index (χ2n) is 7.24. The predicted octanol–water partition coefficient (Wildman–Crippen LogP) is 2.92. The highest BCUT2D eigenvalue weighted by molar-refractivity contribution is 5.94. The highest BCUT2D eigenvalue weighted by atomic mass is 16.5. The fourth-order valence-electron chi connectivity index (χ4n) is 3.35. The highest BCUT2D eigenvalue weighted by Crippen LogP contribution is 2.34. The van der Waals surface area contributed by atoms with Crippen LogP contribution in [0.1, 0.15) is 50.8 Å². The number of aromatic nitrogens is 2. The van der Waals surface area contributed by atoms with Crippen LogP contribution in [0.2, 0.25) is 0 Å². The Balaban J connectivity index is 2.16. The van der Waals surface area contributed by atoms with Gasteiger partial charge in [0.25, 0.3) is 5.56 Å². The van der Waals surface area contributed by atoms with Gasteiger partial charge in [0, 0.05) is 31.3 Å². The number of aromatic amines is 1. The van der Waals surface area contributed by atoms with E-state index in [1.807, 2.05) is 6.07 Å². The van der Waals surface area contributed by atoms with Crippen LogP contribution in [-0.4, -0.2) is 35.8 Å². The average molecular weight is 340 g/mol. The van der Waals surface area contributed by atoms with Gasteiger partial charge in [-0.2, -0.15) is 5.26 Å². The van der Waals surface area contributed by atoms with Gasteiger partial charge in [-0.3, -0.25) is 9.78 Å². The van der Waals surface area contributed by atoms with Crippen molar-refractivity contribution in [2.45, 2.75) is 45.1 Å². The van der Waals surface area contributed by atoms with Crippen LogP contribution in [0.3, 0.4) is 0 Å². The lowest BCUT2D eigenvalue weighted by Gasteiger charge is -2.40. The topological polar surface area (TPSA) is 82.0 Å². The number of anilines is 1. The number of nitriles is 1. The van der Waals surface area contributed by atoms with Crippen LogP contribution in [0.4, 0.5) is 5.69 Å². The molecule has 132 valence electrons. The molecule has 0 amide bonds. The molecule has 3 rings (SSSR count). The number of methoxy groups -OCH3 is 1. The summed E-state index contributed by atoms with van der Waals surface area (Å²) in [4.78, 5) is 21.7. The molecule has 3 heterocycles. The van der Waals surface area contributed by atoms with E-state index < -0.39 is 0 Å². The third kappa shape index (κ3) is 3.12. The molecule has 1 aliphatic rings. The van der Waals surface area contributed by atoms with E-state index in [9.17, 15) is 10.1 Å². The minimum absolute atomic E-state index is 0.148. The zero-order valence-electron chi connectivity index (χ0n) is 15.2. The molecule has 0 saturated carbocycles. The minimum Gasteiger partial charge on any atom is -0.378 e. The summed E-state index contributed by atoms with van der Waals surface area (Å²) in [7, 11) is 1.74. The number of nitrogens with zero attached hydrogens (tertiary/aromatic N) is 3. The van der Waals surface area contributed by atoms with Crippen molar-refractivity contribution in [3.8, 4) is 6.07 Å². The summed E-state index contributed by atoms with van der Waals surface area (Å²) in [6, 6.07) is 4.10. The maximum Gasteiger partial charge on any atom is 0.268 e. The van der Waals surface area contributed by atoms with Crippen LogP contribution in [0, 0.1) is 11.3 Å². The standard InChI is InChI=1S/C19H24N4O2/c1-12(2)15-9-13-16(11-21-15)22-18(24)14(10-20)17(13)23-7-5-19(3,25-4)6-8-23/h9,11-12H,5-8H2,1-4H3,(H,22,24). The maximum absolute atomic E-state index is 12.4. The third-order valence-corrected chi connectivity index (χ3v) is 5.23. The molecular formula is C19H24N4O2. The fraction of sp³-hybridized carbons (Fsp3) is 0.526. The van der Waals surface area contributed by atoms with Crippen molar-refractivity contribution in [1.29, 1.82) is 5.26 Å². The van der Waals surface area contributed by atoms with Crippen molar-refractivity contribution >= 4 is 16.6 Å². The van der Waals surface area contributed by atoms with Crippen molar-refractivity contribution < 1.29 is 4.74 Å². The summed E-state index contributed by atoms with van der Waals surface area (Å²) in [5, 5.41) is 10.5. The third-order valence-electron chi connectivity index (χ3n) is 5.23. The largest absolute Gasteiger partial charge is 0.378 e. The van der Waals surface area contributed by atoms with Crippen molar-refractivity contribution in [2.75, 3.05) is 25.1 Å². The van der Waals surface area contributed by atoms with Gasteiger partial charge >= 0.3 is 0 Å². The summed E-state index contributed by atoms with van der Waals surface area (Å²) in [6.45, 7) is 7.76. The zero-order valence-corrected chi connectivity index (χ0v) is 15.2.